The Morgan fingerprint density at radius 1 is 1.06 bits per heavy atom. The molecule has 1 heterocycles. The first-order valence-corrected chi connectivity index (χ1v) is 6.45. The molecule has 0 saturated carbocycles. The summed E-state index contributed by atoms with van der Waals surface area (Å²) in [6.07, 6.45) is 4.54. The number of benzene rings is 1. The van der Waals surface area contributed by atoms with Crippen LogP contribution in [-0.2, 0) is 16.6 Å². The van der Waals surface area contributed by atoms with Crippen molar-refractivity contribution in [3.05, 3.63) is 54.6 Å². The zero-order valence-corrected chi connectivity index (χ0v) is 9.76. The first-order valence-electron chi connectivity index (χ1n) is 4.97. The largest absolute Gasteiger partial charge is 0.244 e. The minimum absolute atomic E-state index is 0.179. The maximum atomic E-state index is 11.9. The van der Waals surface area contributed by atoms with Crippen LogP contribution in [0.3, 0.4) is 0 Å². The van der Waals surface area contributed by atoms with E-state index in [-0.39, 0.29) is 11.4 Å². The van der Waals surface area contributed by atoms with Gasteiger partial charge in [0, 0.05) is 24.5 Å². The quantitative estimate of drug-likeness (QED) is 0.875. The number of aromatic nitrogens is 2. The number of rotatable bonds is 4. The second-order valence-corrected chi connectivity index (χ2v) is 5.15. The van der Waals surface area contributed by atoms with Gasteiger partial charge in [-0.05, 0) is 12.1 Å². The first-order chi connectivity index (χ1) is 8.18. The molecule has 0 aliphatic heterocycles. The minimum atomic E-state index is -3.46. The van der Waals surface area contributed by atoms with E-state index in [9.17, 15) is 8.42 Å². The van der Waals surface area contributed by atoms with Crippen LogP contribution in [0.2, 0.25) is 0 Å². The van der Waals surface area contributed by atoms with Crippen LogP contribution < -0.4 is 4.72 Å². The van der Waals surface area contributed by atoms with E-state index in [1.54, 1.807) is 42.7 Å². The molecule has 0 unspecified atom stereocenters. The molecule has 17 heavy (non-hydrogen) atoms. The van der Waals surface area contributed by atoms with Gasteiger partial charge in [-0.25, -0.2) is 23.1 Å². The predicted octanol–water partition coefficient (Wildman–Crippen LogP) is 0.955. The lowest BCUT2D eigenvalue weighted by Crippen LogP contribution is -2.23. The average Bonchev–Trinajstić information content (AvgIpc) is 2.39. The van der Waals surface area contributed by atoms with E-state index in [2.05, 4.69) is 14.7 Å². The molecular weight excluding hydrogens is 238 g/mol. The molecule has 0 amide bonds. The number of hydrogen-bond acceptors (Lipinski definition) is 4. The summed E-state index contributed by atoms with van der Waals surface area (Å²) in [6.45, 7) is 0.179. The molecule has 88 valence electrons. The van der Waals surface area contributed by atoms with Gasteiger partial charge in [0.1, 0.15) is 6.33 Å². The fraction of sp³-hybridized carbons (Fsp3) is 0.0909. The fourth-order valence-corrected chi connectivity index (χ4v) is 2.32. The molecule has 0 atom stereocenters. The topological polar surface area (TPSA) is 72.0 Å². The standard InChI is InChI=1S/C11H11N3O2S/c15-17(16,11-4-2-1-3-5-11)14-8-10-6-12-9-13-7-10/h1-7,9,14H,8H2. The molecule has 0 spiro atoms. The van der Waals surface area contributed by atoms with Gasteiger partial charge in [-0.2, -0.15) is 0 Å². The third-order valence-corrected chi connectivity index (χ3v) is 3.55. The SMILES string of the molecule is O=S(=O)(NCc1cncnc1)c1ccccc1. The summed E-state index contributed by atoms with van der Waals surface area (Å²) in [6, 6.07) is 8.22. The number of sulfonamides is 1. The Morgan fingerprint density at radius 3 is 2.35 bits per heavy atom. The molecule has 0 aliphatic carbocycles. The summed E-state index contributed by atoms with van der Waals surface area (Å²) in [5.74, 6) is 0. The van der Waals surface area contributed by atoms with Gasteiger partial charge in [-0.15, -0.1) is 0 Å². The predicted molar refractivity (Wildman–Crippen MR) is 62.5 cm³/mol. The Bertz CT molecular complexity index is 570. The summed E-state index contributed by atoms with van der Waals surface area (Å²) in [5.41, 5.74) is 0.715. The second-order valence-electron chi connectivity index (χ2n) is 3.38. The second kappa shape index (κ2) is 5.03. The van der Waals surface area contributed by atoms with Crippen molar-refractivity contribution in [3.8, 4) is 0 Å². The van der Waals surface area contributed by atoms with Crippen molar-refractivity contribution in [3.63, 3.8) is 0 Å². The maximum absolute atomic E-state index is 11.9. The molecular formula is C11H11N3O2S. The zero-order chi connectivity index (χ0) is 12.1. The van der Waals surface area contributed by atoms with Crippen LogP contribution in [0.4, 0.5) is 0 Å². The molecule has 6 heteroatoms. The molecule has 1 aromatic carbocycles. The number of hydrogen-bond donors (Lipinski definition) is 1. The fourth-order valence-electron chi connectivity index (χ4n) is 1.28. The molecule has 1 N–H and O–H groups in total. The number of nitrogens with zero attached hydrogens (tertiary/aromatic N) is 2. The van der Waals surface area contributed by atoms with E-state index >= 15 is 0 Å². The van der Waals surface area contributed by atoms with E-state index in [4.69, 9.17) is 0 Å². The Hall–Kier alpha value is -1.79. The first kappa shape index (κ1) is 11.7. The van der Waals surface area contributed by atoms with Gasteiger partial charge in [-0.1, -0.05) is 18.2 Å². The van der Waals surface area contributed by atoms with E-state index in [1.807, 2.05) is 0 Å². The molecule has 0 fully saturated rings. The van der Waals surface area contributed by atoms with Crippen LogP contribution in [0.25, 0.3) is 0 Å². The van der Waals surface area contributed by atoms with Crippen molar-refractivity contribution in [1.29, 1.82) is 0 Å². The molecule has 5 nitrogen and oxygen atoms in total. The lowest BCUT2D eigenvalue weighted by Gasteiger charge is -2.05. The third-order valence-electron chi connectivity index (χ3n) is 2.13. The smallest absolute Gasteiger partial charge is 0.240 e. The van der Waals surface area contributed by atoms with Gasteiger partial charge in [-0.3, -0.25) is 0 Å². The highest BCUT2D eigenvalue weighted by Crippen LogP contribution is 2.07. The molecule has 0 bridgehead atoms. The lowest BCUT2D eigenvalue weighted by molar-refractivity contribution is 0.581. The highest BCUT2D eigenvalue weighted by Gasteiger charge is 2.12. The van der Waals surface area contributed by atoms with Crippen molar-refractivity contribution in [2.75, 3.05) is 0 Å². The van der Waals surface area contributed by atoms with Crippen molar-refractivity contribution in [2.24, 2.45) is 0 Å². The normalized spacial score (nSPS) is 11.3. The monoisotopic (exact) mass is 249 g/mol. The maximum Gasteiger partial charge on any atom is 0.240 e. The highest BCUT2D eigenvalue weighted by atomic mass is 32.2. The van der Waals surface area contributed by atoms with Crippen molar-refractivity contribution < 1.29 is 8.42 Å². The Balaban J connectivity index is 2.09. The summed E-state index contributed by atoms with van der Waals surface area (Å²) in [7, 11) is -3.46. The van der Waals surface area contributed by atoms with E-state index in [1.165, 1.54) is 6.33 Å². The van der Waals surface area contributed by atoms with E-state index < -0.39 is 10.0 Å². The zero-order valence-electron chi connectivity index (χ0n) is 8.95. The lowest BCUT2D eigenvalue weighted by atomic mass is 10.4. The molecule has 0 saturated heterocycles. The van der Waals surface area contributed by atoms with Gasteiger partial charge in [0.05, 0.1) is 4.90 Å². The van der Waals surface area contributed by atoms with Crippen LogP contribution in [0.15, 0.2) is 53.9 Å². The minimum Gasteiger partial charge on any atom is -0.244 e. The molecule has 2 aromatic rings. The molecule has 1 aromatic heterocycles. The molecule has 2 rings (SSSR count). The van der Waals surface area contributed by atoms with Gasteiger partial charge in [0.15, 0.2) is 0 Å². The number of nitrogens with one attached hydrogen (secondary N) is 1. The Kier molecular flexibility index (Phi) is 3.46. The van der Waals surface area contributed by atoms with Crippen LogP contribution in [-0.4, -0.2) is 18.4 Å². The van der Waals surface area contributed by atoms with Crippen LogP contribution >= 0.6 is 0 Å². The average molecular weight is 249 g/mol. The summed E-state index contributed by atoms with van der Waals surface area (Å²) >= 11 is 0. The summed E-state index contributed by atoms with van der Waals surface area (Å²) < 4.78 is 26.2. The Labute approximate surface area is 99.6 Å². The van der Waals surface area contributed by atoms with Crippen LogP contribution in [0.5, 0.6) is 0 Å². The van der Waals surface area contributed by atoms with Crippen molar-refractivity contribution in [1.82, 2.24) is 14.7 Å². The van der Waals surface area contributed by atoms with Gasteiger partial charge >= 0.3 is 0 Å². The van der Waals surface area contributed by atoms with Crippen molar-refractivity contribution in [2.45, 2.75) is 11.4 Å². The molecule has 0 radical (unpaired) electrons. The summed E-state index contributed by atoms with van der Waals surface area (Å²) in [4.78, 5) is 7.87. The van der Waals surface area contributed by atoms with E-state index in [0.29, 0.717) is 5.56 Å². The van der Waals surface area contributed by atoms with Crippen LogP contribution in [0.1, 0.15) is 5.56 Å². The van der Waals surface area contributed by atoms with Gasteiger partial charge in [0.2, 0.25) is 10.0 Å². The highest BCUT2D eigenvalue weighted by molar-refractivity contribution is 7.89. The molecule has 0 aliphatic rings. The Morgan fingerprint density at radius 2 is 1.71 bits per heavy atom. The van der Waals surface area contributed by atoms with Gasteiger partial charge in [0.25, 0.3) is 0 Å². The van der Waals surface area contributed by atoms with Crippen LogP contribution in [0, 0.1) is 0 Å². The third kappa shape index (κ3) is 3.08. The van der Waals surface area contributed by atoms with Gasteiger partial charge < -0.3 is 0 Å². The van der Waals surface area contributed by atoms with Crippen molar-refractivity contribution >= 4 is 10.0 Å². The summed E-state index contributed by atoms with van der Waals surface area (Å²) in [5, 5.41) is 0. The van der Waals surface area contributed by atoms with E-state index in [0.717, 1.165) is 0 Å².